The van der Waals surface area contributed by atoms with Crippen molar-refractivity contribution in [3.05, 3.63) is 11.1 Å². The van der Waals surface area contributed by atoms with E-state index < -0.39 is 11.9 Å². The molecule has 0 aliphatic carbocycles. The summed E-state index contributed by atoms with van der Waals surface area (Å²) >= 11 is 0. The Hall–Kier alpha value is -0.910. The molecule has 1 amide bonds. The van der Waals surface area contributed by atoms with Crippen molar-refractivity contribution in [2.75, 3.05) is 0 Å². The first-order chi connectivity index (χ1) is 4.76. The topological polar surface area (TPSA) is 104 Å². The Kier molecular flexibility index (Phi) is 2.75. The Morgan fingerprint density at radius 3 is 1.73 bits per heavy atom. The number of amides is 1. The largest absolute Gasteiger partial charge is 0.366 e. The van der Waals surface area contributed by atoms with Gasteiger partial charge in [0.25, 0.3) is 0 Å². The van der Waals surface area contributed by atoms with E-state index >= 15 is 0 Å². The van der Waals surface area contributed by atoms with Gasteiger partial charge in [-0.2, -0.15) is 0 Å². The highest BCUT2D eigenvalue weighted by Crippen LogP contribution is 2.13. The molecule has 0 aromatic carbocycles. The van der Waals surface area contributed by atoms with Gasteiger partial charge >= 0.3 is 5.97 Å². The summed E-state index contributed by atoms with van der Waals surface area (Å²) in [5.41, 5.74) is 4.46. The van der Waals surface area contributed by atoms with E-state index in [1.165, 1.54) is 13.8 Å². The van der Waals surface area contributed by atoms with Crippen LogP contribution >= 0.6 is 0 Å². The lowest BCUT2D eigenvalue weighted by Gasteiger charge is -2.16. The minimum atomic E-state index is -2.96. The molecule has 0 bridgehead atoms. The first kappa shape index (κ1) is 10.1. The molecule has 0 atom stereocenters. The van der Waals surface area contributed by atoms with E-state index in [-0.39, 0.29) is 11.1 Å². The Bertz CT molecular complexity index is 201. The first-order valence-corrected chi connectivity index (χ1v) is 2.91. The fraction of sp³-hybridized carbons (Fsp3) is 0.500. The van der Waals surface area contributed by atoms with Gasteiger partial charge in [0.15, 0.2) is 0 Å². The van der Waals surface area contributed by atoms with Crippen molar-refractivity contribution in [1.82, 2.24) is 0 Å². The van der Waals surface area contributed by atoms with E-state index in [9.17, 15) is 4.79 Å². The summed E-state index contributed by atoms with van der Waals surface area (Å²) < 4.78 is 0. The van der Waals surface area contributed by atoms with E-state index in [0.29, 0.717) is 0 Å². The van der Waals surface area contributed by atoms with Crippen molar-refractivity contribution in [3.8, 4) is 0 Å². The van der Waals surface area contributed by atoms with Gasteiger partial charge in [-0.25, -0.2) is 0 Å². The van der Waals surface area contributed by atoms with Gasteiger partial charge in [-0.05, 0) is 13.8 Å². The van der Waals surface area contributed by atoms with Crippen LogP contribution in [0.1, 0.15) is 13.8 Å². The number of hydrogen-bond acceptors (Lipinski definition) is 4. The highest BCUT2D eigenvalue weighted by Gasteiger charge is 2.24. The summed E-state index contributed by atoms with van der Waals surface area (Å²) in [7, 11) is 0. The smallest absolute Gasteiger partial charge is 0.300 e. The Labute approximate surface area is 63.8 Å². The third kappa shape index (κ3) is 2.67. The molecule has 0 aliphatic rings. The predicted octanol–water partition coefficient (Wildman–Crippen LogP) is -1.56. The molecule has 5 heteroatoms. The molecular weight excluding hydrogens is 150 g/mol. The zero-order chi connectivity index (χ0) is 9.23. The highest BCUT2D eigenvalue weighted by atomic mass is 16.7. The molecule has 5 N–H and O–H groups in total. The summed E-state index contributed by atoms with van der Waals surface area (Å²) in [6.45, 7) is 2.48. The average Bonchev–Trinajstić information content (AvgIpc) is 1.82. The Balaban J connectivity index is 4.82. The lowest BCUT2D eigenvalue weighted by molar-refractivity contribution is -0.282. The van der Waals surface area contributed by atoms with Crippen LogP contribution in [0.5, 0.6) is 0 Å². The number of nitrogens with two attached hydrogens (primary N) is 1. The Morgan fingerprint density at radius 2 is 1.64 bits per heavy atom. The van der Waals surface area contributed by atoms with Crippen LogP contribution in [-0.4, -0.2) is 27.2 Å². The van der Waals surface area contributed by atoms with Crippen molar-refractivity contribution in [3.63, 3.8) is 0 Å². The van der Waals surface area contributed by atoms with Crippen molar-refractivity contribution in [2.45, 2.75) is 19.8 Å². The van der Waals surface area contributed by atoms with Crippen molar-refractivity contribution in [1.29, 1.82) is 0 Å². The summed E-state index contributed by atoms with van der Waals surface area (Å²) in [5.74, 6) is -3.76. The van der Waals surface area contributed by atoms with Crippen molar-refractivity contribution < 1.29 is 20.1 Å². The standard InChI is InChI=1S/C6H11NO4/c1-3(5(7)8)4(2)6(9,10)11/h9-11H,1-2H3,(H2,7,8). The van der Waals surface area contributed by atoms with E-state index in [2.05, 4.69) is 0 Å². The monoisotopic (exact) mass is 161 g/mol. The van der Waals surface area contributed by atoms with E-state index in [1.54, 1.807) is 0 Å². The number of carbonyl (C=O) groups excluding carboxylic acids is 1. The molecule has 11 heavy (non-hydrogen) atoms. The van der Waals surface area contributed by atoms with Gasteiger partial charge in [0.05, 0.1) is 0 Å². The van der Waals surface area contributed by atoms with Gasteiger partial charge in [-0.15, -0.1) is 0 Å². The number of primary amides is 1. The molecule has 0 spiro atoms. The fourth-order valence-corrected chi connectivity index (χ4v) is 0.436. The molecule has 0 aromatic heterocycles. The maximum atomic E-state index is 10.4. The number of rotatable bonds is 2. The average molecular weight is 161 g/mol. The van der Waals surface area contributed by atoms with Crippen LogP contribution in [0, 0.1) is 0 Å². The van der Waals surface area contributed by atoms with Crippen LogP contribution in [0.4, 0.5) is 0 Å². The van der Waals surface area contributed by atoms with Crippen LogP contribution in [0.15, 0.2) is 11.1 Å². The second-order valence-electron chi connectivity index (χ2n) is 2.25. The van der Waals surface area contributed by atoms with Gasteiger partial charge in [-0.3, -0.25) is 4.79 Å². The molecule has 0 fully saturated rings. The van der Waals surface area contributed by atoms with Crippen LogP contribution in [0.2, 0.25) is 0 Å². The molecule has 0 aromatic rings. The van der Waals surface area contributed by atoms with Crippen LogP contribution in [-0.2, 0) is 4.79 Å². The molecule has 64 valence electrons. The zero-order valence-corrected chi connectivity index (χ0v) is 6.33. The van der Waals surface area contributed by atoms with E-state index in [4.69, 9.17) is 21.1 Å². The summed E-state index contributed by atoms with van der Waals surface area (Å²) in [4.78, 5) is 10.4. The molecule has 0 radical (unpaired) electrons. The van der Waals surface area contributed by atoms with Gasteiger partial charge in [-0.1, -0.05) is 0 Å². The van der Waals surface area contributed by atoms with Gasteiger partial charge in [0.2, 0.25) is 5.91 Å². The van der Waals surface area contributed by atoms with Gasteiger partial charge in [0.1, 0.15) is 0 Å². The normalized spacial score (nSPS) is 14.3. The van der Waals surface area contributed by atoms with E-state index in [1.807, 2.05) is 0 Å². The summed E-state index contributed by atoms with van der Waals surface area (Å²) in [5, 5.41) is 25.7. The lowest BCUT2D eigenvalue weighted by atomic mass is 10.1. The molecule has 0 rings (SSSR count). The van der Waals surface area contributed by atoms with Crippen molar-refractivity contribution in [2.24, 2.45) is 5.73 Å². The zero-order valence-electron chi connectivity index (χ0n) is 6.33. The van der Waals surface area contributed by atoms with E-state index in [0.717, 1.165) is 0 Å². The van der Waals surface area contributed by atoms with Crippen molar-refractivity contribution >= 4 is 5.91 Å². The number of carbonyl (C=O) groups is 1. The summed E-state index contributed by atoms with van der Waals surface area (Å²) in [6.07, 6.45) is 0. The molecular formula is C6H11NO4. The van der Waals surface area contributed by atoms with Crippen LogP contribution < -0.4 is 5.73 Å². The molecule has 0 unspecified atom stereocenters. The maximum Gasteiger partial charge on any atom is 0.300 e. The van der Waals surface area contributed by atoms with Crippen LogP contribution in [0.25, 0.3) is 0 Å². The predicted molar refractivity (Wildman–Crippen MR) is 37.0 cm³/mol. The molecule has 0 saturated heterocycles. The minimum absolute atomic E-state index is 0.0718. The first-order valence-electron chi connectivity index (χ1n) is 2.91. The number of hydrogen-bond donors (Lipinski definition) is 4. The fourth-order valence-electron chi connectivity index (χ4n) is 0.436. The Morgan fingerprint density at radius 1 is 1.27 bits per heavy atom. The minimum Gasteiger partial charge on any atom is -0.366 e. The number of aliphatic hydroxyl groups is 3. The third-order valence-corrected chi connectivity index (χ3v) is 1.44. The molecule has 5 nitrogen and oxygen atoms in total. The second-order valence-corrected chi connectivity index (χ2v) is 2.25. The SMILES string of the molecule is CC(C(N)=O)=C(C)C(O)(O)O. The summed E-state index contributed by atoms with van der Waals surface area (Å²) in [6, 6.07) is 0. The van der Waals surface area contributed by atoms with Gasteiger partial charge in [0, 0.05) is 11.1 Å². The second kappa shape index (κ2) is 3.00. The maximum absolute atomic E-state index is 10.4. The van der Waals surface area contributed by atoms with Gasteiger partial charge < -0.3 is 21.1 Å². The third-order valence-electron chi connectivity index (χ3n) is 1.44. The quantitative estimate of drug-likeness (QED) is 0.290. The lowest BCUT2D eigenvalue weighted by Crippen LogP contribution is -2.31. The van der Waals surface area contributed by atoms with Crippen LogP contribution in [0.3, 0.4) is 0 Å². The molecule has 0 aliphatic heterocycles. The molecule has 0 heterocycles. The highest BCUT2D eigenvalue weighted by molar-refractivity contribution is 5.92. The molecule has 0 saturated carbocycles.